The molecule has 0 saturated carbocycles. The lowest BCUT2D eigenvalue weighted by molar-refractivity contribution is -0.125. The minimum atomic E-state index is -0.492. The minimum absolute atomic E-state index is 0.0531. The van der Waals surface area contributed by atoms with Gasteiger partial charge in [-0.05, 0) is 43.2 Å². The molecule has 1 heterocycles. The number of rotatable bonds is 8. The lowest BCUT2D eigenvalue weighted by Crippen LogP contribution is -2.64. The van der Waals surface area contributed by atoms with Crippen LogP contribution in [0.5, 0.6) is 5.75 Å². The van der Waals surface area contributed by atoms with Gasteiger partial charge in [0, 0.05) is 0 Å². The van der Waals surface area contributed by atoms with Gasteiger partial charge in [-0.15, -0.1) is 11.8 Å². The van der Waals surface area contributed by atoms with Crippen molar-refractivity contribution >= 4 is 29.3 Å². The molecule has 2 aromatic carbocycles. The summed E-state index contributed by atoms with van der Waals surface area (Å²) >= 11 is 1.19. The number of carbonyl (C=O) groups is 2. The summed E-state index contributed by atoms with van der Waals surface area (Å²) < 4.78 is 19.0. The van der Waals surface area contributed by atoms with E-state index in [1.807, 2.05) is 31.2 Å². The van der Waals surface area contributed by atoms with Crippen molar-refractivity contribution in [3.05, 3.63) is 59.9 Å². The summed E-state index contributed by atoms with van der Waals surface area (Å²) in [6.45, 7) is 2.53. The SMILES string of the molecule is CCOc1ccc(CC2NNC(SCC(=O)Nc3ccccc3F)NC2=O)cc1. The Labute approximate surface area is 172 Å². The highest BCUT2D eigenvalue weighted by Gasteiger charge is 2.27. The standard InChI is InChI=1S/C20H23FN4O3S/c1-2-28-14-9-7-13(8-10-14)11-17-19(27)23-20(25-24-17)29-12-18(26)22-16-6-4-3-5-15(16)21/h3-10,17,20,24-25H,2,11-12H2,1H3,(H,22,26)(H,23,27). The van der Waals surface area contributed by atoms with E-state index in [1.54, 1.807) is 12.1 Å². The minimum Gasteiger partial charge on any atom is -0.494 e. The number of benzene rings is 2. The molecule has 154 valence electrons. The molecule has 2 amide bonds. The smallest absolute Gasteiger partial charge is 0.240 e. The fourth-order valence-corrected chi connectivity index (χ4v) is 3.51. The van der Waals surface area contributed by atoms with E-state index in [0.29, 0.717) is 13.0 Å². The molecule has 2 unspecified atom stereocenters. The molecule has 2 atom stereocenters. The molecular formula is C20H23FN4O3S. The summed E-state index contributed by atoms with van der Waals surface area (Å²) in [5.41, 5.74) is 6.63. The van der Waals surface area contributed by atoms with Gasteiger partial charge >= 0.3 is 0 Å². The number of carbonyl (C=O) groups excluding carboxylic acids is 2. The summed E-state index contributed by atoms with van der Waals surface area (Å²) in [4.78, 5) is 24.4. The number of nitrogens with one attached hydrogen (secondary N) is 4. The van der Waals surface area contributed by atoms with Gasteiger partial charge < -0.3 is 15.4 Å². The molecule has 0 bridgehead atoms. The first-order chi connectivity index (χ1) is 14.0. The molecule has 1 aliphatic rings. The molecule has 3 rings (SSSR count). The first-order valence-electron chi connectivity index (χ1n) is 9.24. The molecule has 1 aliphatic heterocycles. The molecule has 4 N–H and O–H groups in total. The molecule has 0 aromatic heterocycles. The van der Waals surface area contributed by atoms with Crippen molar-refractivity contribution in [2.75, 3.05) is 17.7 Å². The van der Waals surface area contributed by atoms with Crippen LogP contribution in [0, 0.1) is 5.82 Å². The topological polar surface area (TPSA) is 91.5 Å². The quantitative estimate of drug-likeness (QED) is 0.524. The van der Waals surface area contributed by atoms with Crippen LogP contribution in [0.25, 0.3) is 0 Å². The number of hydrogen-bond donors (Lipinski definition) is 4. The van der Waals surface area contributed by atoms with Crippen LogP contribution in [0.3, 0.4) is 0 Å². The fraction of sp³-hybridized carbons (Fsp3) is 0.300. The maximum Gasteiger partial charge on any atom is 0.240 e. The Morgan fingerprint density at radius 3 is 2.62 bits per heavy atom. The largest absolute Gasteiger partial charge is 0.494 e. The lowest BCUT2D eigenvalue weighted by atomic mass is 10.1. The monoisotopic (exact) mass is 418 g/mol. The molecule has 0 radical (unpaired) electrons. The maximum absolute atomic E-state index is 13.6. The third-order valence-electron chi connectivity index (χ3n) is 4.18. The Bertz CT molecular complexity index is 850. The summed E-state index contributed by atoms with van der Waals surface area (Å²) in [5.74, 6) is -0.163. The second-order valence-electron chi connectivity index (χ2n) is 6.35. The highest BCUT2D eigenvalue weighted by Crippen LogP contribution is 2.16. The Morgan fingerprint density at radius 2 is 1.93 bits per heavy atom. The Morgan fingerprint density at radius 1 is 1.17 bits per heavy atom. The molecular weight excluding hydrogens is 395 g/mol. The number of anilines is 1. The van der Waals surface area contributed by atoms with Crippen LogP contribution in [0.4, 0.5) is 10.1 Å². The Balaban J connectivity index is 1.43. The third-order valence-corrected chi connectivity index (χ3v) is 5.18. The van der Waals surface area contributed by atoms with Crippen LogP contribution < -0.4 is 26.2 Å². The zero-order chi connectivity index (χ0) is 20.6. The van der Waals surface area contributed by atoms with Crippen LogP contribution >= 0.6 is 11.8 Å². The van der Waals surface area contributed by atoms with E-state index < -0.39 is 17.4 Å². The Kier molecular flexibility index (Phi) is 7.45. The Hall–Kier alpha value is -2.62. The number of halogens is 1. The first kappa shape index (κ1) is 21.1. The average Bonchev–Trinajstić information content (AvgIpc) is 2.71. The predicted molar refractivity (Wildman–Crippen MR) is 111 cm³/mol. The van der Waals surface area contributed by atoms with Crippen molar-refractivity contribution in [3.63, 3.8) is 0 Å². The second kappa shape index (κ2) is 10.2. The molecule has 1 fully saturated rings. The van der Waals surface area contributed by atoms with E-state index in [4.69, 9.17) is 4.74 Å². The number of amides is 2. The number of ether oxygens (including phenoxy) is 1. The molecule has 2 aromatic rings. The van der Waals surface area contributed by atoms with Gasteiger partial charge in [0.25, 0.3) is 0 Å². The summed E-state index contributed by atoms with van der Waals surface area (Å²) in [6, 6.07) is 13.1. The summed E-state index contributed by atoms with van der Waals surface area (Å²) in [5, 5.41) is 5.33. The van der Waals surface area contributed by atoms with Gasteiger partial charge in [-0.1, -0.05) is 24.3 Å². The second-order valence-corrected chi connectivity index (χ2v) is 7.44. The van der Waals surface area contributed by atoms with Gasteiger partial charge in [0.1, 0.15) is 23.1 Å². The highest BCUT2D eigenvalue weighted by atomic mass is 32.2. The van der Waals surface area contributed by atoms with E-state index in [2.05, 4.69) is 21.5 Å². The third kappa shape index (κ3) is 6.18. The van der Waals surface area contributed by atoms with E-state index in [1.165, 1.54) is 23.9 Å². The van der Waals surface area contributed by atoms with Gasteiger partial charge in [0.05, 0.1) is 18.0 Å². The van der Waals surface area contributed by atoms with Gasteiger partial charge in [0.2, 0.25) is 11.8 Å². The van der Waals surface area contributed by atoms with Crippen LogP contribution in [0.2, 0.25) is 0 Å². The molecule has 9 heteroatoms. The molecule has 7 nitrogen and oxygen atoms in total. The lowest BCUT2D eigenvalue weighted by Gasteiger charge is -2.31. The van der Waals surface area contributed by atoms with E-state index in [-0.39, 0.29) is 23.3 Å². The number of para-hydroxylation sites is 1. The average molecular weight is 418 g/mol. The van der Waals surface area contributed by atoms with Crippen molar-refractivity contribution in [1.29, 1.82) is 0 Å². The number of thioether (sulfide) groups is 1. The number of hydrazine groups is 1. The van der Waals surface area contributed by atoms with Gasteiger partial charge in [-0.25, -0.2) is 15.2 Å². The zero-order valence-electron chi connectivity index (χ0n) is 15.9. The predicted octanol–water partition coefficient (Wildman–Crippen LogP) is 2.01. The van der Waals surface area contributed by atoms with Crippen LogP contribution in [-0.2, 0) is 16.0 Å². The zero-order valence-corrected chi connectivity index (χ0v) is 16.7. The first-order valence-corrected chi connectivity index (χ1v) is 10.3. The van der Waals surface area contributed by atoms with Gasteiger partial charge in [-0.3, -0.25) is 9.59 Å². The van der Waals surface area contributed by atoms with E-state index >= 15 is 0 Å². The van der Waals surface area contributed by atoms with Gasteiger partial charge in [0.15, 0.2) is 0 Å². The van der Waals surface area contributed by atoms with Crippen molar-refractivity contribution < 1.29 is 18.7 Å². The van der Waals surface area contributed by atoms with E-state index in [0.717, 1.165) is 11.3 Å². The maximum atomic E-state index is 13.6. The van der Waals surface area contributed by atoms with Crippen LogP contribution in [-0.4, -0.2) is 35.7 Å². The summed E-state index contributed by atoms with van der Waals surface area (Å²) in [7, 11) is 0. The molecule has 0 spiro atoms. The summed E-state index contributed by atoms with van der Waals surface area (Å²) in [6.07, 6.45) is 0.510. The molecule has 1 saturated heterocycles. The van der Waals surface area contributed by atoms with Crippen molar-refractivity contribution in [2.45, 2.75) is 24.9 Å². The highest BCUT2D eigenvalue weighted by molar-refractivity contribution is 8.00. The van der Waals surface area contributed by atoms with Crippen LogP contribution in [0.1, 0.15) is 12.5 Å². The molecule has 29 heavy (non-hydrogen) atoms. The van der Waals surface area contributed by atoms with Crippen molar-refractivity contribution in [1.82, 2.24) is 16.2 Å². The van der Waals surface area contributed by atoms with Crippen molar-refractivity contribution in [3.8, 4) is 5.75 Å². The normalized spacial score (nSPS) is 18.8. The van der Waals surface area contributed by atoms with Crippen molar-refractivity contribution in [2.24, 2.45) is 0 Å². The van der Waals surface area contributed by atoms with Crippen LogP contribution in [0.15, 0.2) is 48.5 Å². The van der Waals surface area contributed by atoms with Gasteiger partial charge in [-0.2, -0.15) is 0 Å². The molecule has 0 aliphatic carbocycles. The number of hydrogen-bond acceptors (Lipinski definition) is 6. The fourth-order valence-electron chi connectivity index (χ4n) is 2.77. The van der Waals surface area contributed by atoms with E-state index in [9.17, 15) is 14.0 Å².